The third-order valence-corrected chi connectivity index (χ3v) is 3.33. The minimum Gasteiger partial charge on any atom is -0.506 e. The number of rotatable bonds is 4. The van der Waals surface area contributed by atoms with Gasteiger partial charge in [-0.25, -0.2) is 9.78 Å². The van der Waals surface area contributed by atoms with E-state index < -0.39 is 5.97 Å². The molecule has 3 aromatic rings. The number of aromatic carboxylic acids is 1. The van der Waals surface area contributed by atoms with Crippen molar-refractivity contribution in [2.75, 3.05) is 0 Å². The van der Waals surface area contributed by atoms with E-state index in [-0.39, 0.29) is 18.1 Å². The summed E-state index contributed by atoms with van der Waals surface area (Å²) in [5.74, 6) is -0.174. The zero-order chi connectivity index (χ0) is 15.7. The Morgan fingerprint density at radius 2 is 1.95 bits per heavy atom. The van der Waals surface area contributed by atoms with Gasteiger partial charge >= 0.3 is 5.97 Å². The van der Waals surface area contributed by atoms with Crippen molar-refractivity contribution in [2.24, 2.45) is 0 Å². The summed E-state index contributed by atoms with van der Waals surface area (Å²) in [7, 11) is 0. The molecule has 0 radical (unpaired) electrons. The van der Waals surface area contributed by atoms with E-state index in [2.05, 4.69) is 4.98 Å². The maximum Gasteiger partial charge on any atom is 0.356 e. The molecule has 0 spiro atoms. The topological polar surface area (TPSA) is 84.1 Å². The lowest BCUT2D eigenvalue weighted by molar-refractivity contribution is 0.0693. The van der Waals surface area contributed by atoms with Crippen LogP contribution in [0.25, 0.3) is 5.52 Å². The Morgan fingerprint density at radius 1 is 1.23 bits per heavy atom. The van der Waals surface area contributed by atoms with E-state index in [1.165, 1.54) is 22.7 Å². The van der Waals surface area contributed by atoms with Crippen LogP contribution in [-0.2, 0) is 6.61 Å². The van der Waals surface area contributed by atoms with Gasteiger partial charge in [0.05, 0.1) is 11.7 Å². The average molecular weight is 319 g/mol. The van der Waals surface area contributed by atoms with Gasteiger partial charge in [0, 0.05) is 5.02 Å². The third kappa shape index (κ3) is 2.68. The molecule has 0 fully saturated rings. The fraction of sp³-hybridized carbons (Fsp3) is 0.0667. The van der Waals surface area contributed by atoms with E-state index in [1.54, 1.807) is 24.3 Å². The lowest BCUT2D eigenvalue weighted by Crippen LogP contribution is -2.01. The lowest BCUT2D eigenvalue weighted by atomic mass is 10.3. The summed E-state index contributed by atoms with van der Waals surface area (Å²) in [5.41, 5.74) is 0.301. The molecule has 0 atom stereocenters. The summed E-state index contributed by atoms with van der Waals surface area (Å²) >= 11 is 5.80. The minimum atomic E-state index is -1.14. The number of benzene rings is 1. The number of carboxylic acid groups (broad SMARTS) is 1. The van der Waals surface area contributed by atoms with E-state index in [4.69, 9.17) is 16.3 Å². The Hall–Kier alpha value is -2.73. The molecule has 1 aromatic carbocycles. The van der Waals surface area contributed by atoms with Crippen LogP contribution in [0.15, 0.2) is 42.6 Å². The molecule has 112 valence electrons. The van der Waals surface area contributed by atoms with Crippen LogP contribution in [0, 0.1) is 0 Å². The molecule has 0 saturated heterocycles. The van der Waals surface area contributed by atoms with Crippen molar-refractivity contribution in [1.82, 2.24) is 9.38 Å². The highest BCUT2D eigenvalue weighted by Crippen LogP contribution is 2.20. The SMILES string of the molecule is O=C(O)c1nc(COc2ccc(Cl)cc2)n2cc(O)ccc12. The van der Waals surface area contributed by atoms with Gasteiger partial charge in [-0.1, -0.05) is 11.6 Å². The molecule has 7 heteroatoms. The maximum absolute atomic E-state index is 11.2. The number of halogens is 1. The Labute approximate surface area is 130 Å². The largest absolute Gasteiger partial charge is 0.506 e. The number of aromatic hydroxyl groups is 1. The van der Waals surface area contributed by atoms with Crippen LogP contribution in [0.5, 0.6) is 11.5 Å². The zero-order valence-electron chi connectivity index (χ0n) is 11.2. The molecule has 0 aliphatic carbocycles. The van der Waals surface area contributed by atoms with Crippen LogP contribution >= 0.6 is 11.6 Å². The monoisotopic (exact) mass is 318 g/mol. The van der Waals surface area contributed by atoms with Crippen LogP contribution in [0.4, 0.5) is 0 Å². The molecule has 22 heavy (non-hydrogen) atoms. The highest BCUT2D eigenvalue weighted by atomic mass is 35.5. The summed E-state index contributed by atoms with van der Waals surface area (Å²) in [5, 5.41) is 19.3. The van der Waals surface area contributed by atoms with Gasteiger partial charge in [-0.15, -0.1) is 0 Å². The highest BCUT2D eigenvalue weighted by molar-refractivity contribution is 6.30. The van der Waals surface area contributed by atoms with Crippen molar-refractivity contribution in [3.8, 4) is 11.5 Å². The van der Waals surface area contributed by atoms with Gasteiger partial charge in [0.2, 0.25) is 0 Å². The van der Waals surface area contributed by atoms with Gasteiger partial charge < -0.3 is 14.9 Å². The predicted molar refractivity (Wildman–Crippen MR) is 79.6 cm³/mol. The van der Waals surface area contributed by atoms with Gasteiger partial charge in [-0.3, -0.25) is 4.40 Å². The van der Waals surface area contributed by atoms with Gasteiger partial charge in [-0.05, 0) is 36.4 Å². The molecular formula is C15H11ClN2O4. The fourth-order valence-corrected chi connectivity index (χ4v) is 2.20. The molecule has 0 saturated carbocycles. The number of ether oxygens (including phenoxy) is 1. The van der Waals surface area contributed by atoms with Crippen molar-refractivity contribution in [2.45, 2.75) is 6.61 Å². The second-order valence-corrected chi connectivity index (χ2v) is 5.00. The summed E-state index contributed by atoms with van der Waals surface area (Å²) in [6.07, 6.45) is 1.40. The number of imidazole rings is 1. The van der Waals surface area contributed by atoms with Crippen molar-refractivity contribution in [3.05, 3.63) is 59.1 Å². The predicted octanol–water partition coefficient (Wildman–Crippen LogP) is 2.97. The average Bonchev–Trinajstić information content (AvgIpc) is 2.85. The molecule has 0 unspecified atom stereocenters. The first kappa shape index (κ1) is 14.2. The van der Waals surface area contributed by atoms with Gasteiger partial charge in [0.15, 0.2) is 11.5 Å². The van der Waals surface area contributed by atoms with Crippen molar-refractivity contribution in [3.63, 3.8) is 0 Å². The second kappa shape index (κ2) is 5.57. The number of hydrogen-bond donors (Lipinski definition) is 2. The second-order valence-electron chi connectivity index (χ2n) is 4.57. The molecule has 6 nitrogen and oxygen atoms in total. The quantitative estimate of drug-likeness (QED) is 0.772. The normalized spacial score (nSPS) is 10.8. The number of pyridine rings is 1. The van der Waals surface area contributed by atoms with E-state index in [9.17, 15) is 15.0 Å². The number of hydrogen-bond acceptors (Lipinski definition) is 4. The van der Waals surface area contributed by atoms with E-state index in [0.717, 1.165) is 0 Å². The standard InChI is InChI=1S/C15H11ClN2O4/c16-9-1-4-11(5-2-9)22-8-13-17-14(15(20)21)12-6-3-10(19)7-18(12)13/h1-7,19H,8H2,(H,20,21). The minimum absolute atomic E-state index is 0.00887. The number of fused-ring (bicyclic) bond motifs is 1. The molecule has 0 amide bonds. The number of aromatic nitrogens is 2. The summed E-state index contributed by atoms with van der Waals surface area (Å²) in [6.45, 7) is 0.0551. The van der Waals surface area contributed by atoms with Gasteiger partial charge in [-0.2, -0.15) is 0 Å². The highest BCUT2D eigenvalue weighted by Gasteiger charge is 2.17. The van der Waals surface area contributed by atoms with E-state index in [1.807, 2.05) is 0 Å². The van der Waals surface area contributed by atoms with Gasteiger partial charge in [0.25, 0.3) is 0 Å². The van der Waals surface area contributed by atoms with Gasteiger partial charge in [0.1, 0.15) is 18.1 Å². The first-order valence-corrected chi connectivity index (χ1v) is 6.74. The number of carbonyl (C=O) groups is 1. The molecule has 3 rings (SSSR count). The molecule has 0 aliphatic heterocycles. The Morgan fingerprint density at radius 3 is 2.64 bits per heavy atom. The van der Waals surface area contributed by atoms with Crippen LogP contribution in [0.1, 0.15) is 16.3 Å². The summed E-state index contributed by atoms with van der Waals surface area (Å²) < 4.78 is 7.07. The lowest BCUT2D eigenvalue weighted by Gasteiger charge is -2.05. The molecule has 0 bridgehead atoms. The molecule has 0 aliphatic rings. The number of carboxylic acids is 1. The van der Waals surface area contributed by atoms with Crippen molar-refractivity contribution in [1.29, 1.82) is 0 Å². The maximum atomic E-state index is 11.2. The first-order valence-electron chi connectivity index (χ1n) is 6.36. The number of nitrogens with zero attached hydrogens (tertiary/aromatic N) is 2. The molecule has 2 aromatic heterocycles. The van der Waals surface area contributed by atoms with E-state index >= 15 is 0 Å². The van der Waals surface area contributed by atoms with E-state index in [0.29, 0.717) is 22.1 Å². The Bertz CT molecular complexity index is 843. The molecule has 2 N–H and O–H groups in total. The summed E-state index contributed by atoms with van der Waals surface area (Å²) in [4.78, 5) is 15.3. The first-order chi connectivity index (χ1) is 10.5. The third-order valence-electron chi connectivity index (χ3n) is 3.08. The van der Waals surface area contributed by atoms with Crippen LogP contribution in [0.3, 0.4) is 0 Å². The molecular weight excluding hydrogens is 308 g/mol. The molecule has 2 heterocycles. The fourth-order valence-electron chi connectivity index (χ4n) is 2.07. The smallest absolute Gasteiger partial charge is 0.356 e. The summed E-state index contributed by atoms with van der Waals surface area (Å²) in [6, 6.07) is 9.69. The Balaban J connectivity index is 1.94. The van der Waals surface area contributed by atoms with Crippen LogP contribution < -0.4 is 4.74 Å². The van der Waals surface area contributed by atoms with Crippen molar-refractivity contribution < 1.29 is 19.7 Å². The van der Waals surface area contributed by atoms with Crippen LogP contribution in [-0.4, -0.2) is 25.6 Å². The van der Waals surface area contributed by atoms with Crippen LogP contribution in [0.2, 0.25) is 5.02 Å². The zero-order valence-corrected chi connectivity index (χ0v) is 12.0. The Kier molecular flexibility index (Phi) is 3.60. The van der Waals surface area contributed by atoms with Crippen molar-refractivity contribution >= 4 is 23.1 Å².